The third kappa shape index (κ3) is 2.61. The first-order chi connectivity index (χ1) is 9.88. The standard InChI is InChI=1S/C16H25N2O3Si/c1-15(2)16(3,4)18(20)14(17(15)19)12-8-10-13(11-9-12)21-22(5,6)7/h8-11H,1-7H3. The fraction of sp³-hybridized carbons (Fsp3) is 0.562. The highest BCUT2D eigenvalue weighted by Gasteiger charge is 2.59. The summed E-state index contributed by atoms with van der Waals surface area (Å²) in [6.07, 6.45) is 0. The number of nitrogens with zero attached hydrogens (tertiary/aromatic N) is 2. The van der Waals surface area contributed by atoms with Gasteiger partial charge >= 0.3 is 5.84 Å². The van der Waals surface area contributed by atoms with Crippen LogP contribution in [0.4, 0.5) is 0 Å². The molecule has 2 rings (SSSR count). The SMILES string of the molecule is CC1(C)N([O])C(c2ccc(O[Si](C)(C)C)cc2)=[N+]([O-])C1(C)C. The molecule has 0 atom stereocenters. The Morgan fingerprint density at radius 1 is 1.09 bits per heavy atom. The van der Waals surface area contributed by atoms with Crippen molar-refractivity contribution in [1.82, 2.24) is 5.06 Å². The quantitative estimate of drug-likeness (QED) is 0.487. The van der Waals surface area contributed by atoms with Crippen LogP contribution in [-0.4, -0.2) is 35.0 Å². The molecule has 0 spiro atoms. The van der Waals surface area contributed by atoms with Crippen LogP contribution in [0.25, 0.3) is 0 Å². The van der Waals surface area contributed by atoms with E-state index in [9.17, 15) is 10.4 Å². The van der Waals surface area contributed by atoms with Crippen molar-refractivity contribution < 1.29 is 14.4 Å². The van der Waals surface area contributed by atoms with Crippen LogP contribution < -0.4 is 4.43 Å². The van der Waals surface area contributed by atoms with Gasteiger partial charge in [-0.15, -0.1) is 0 Å². The molecule has 22 heavy (non-hydrogen) atoms. The molecule has 0 unspecified atom stereocenters. The van der Waals surface area contributed by atoms with Gasteiger partial charge in [0, 0.05) is 5.21 Å². The third-order valence-corrected chi connectivity index (χ3v) is 5.28. The fourth-order valence-corrected chi connectivity index (χ4v) is 3.21. The van der Waals surface area contributed by atoms with E-state index in [1.54, 1.807) is 39.8 Å². The summed E-state index contributed by atoms with van der Waals surface area (Å²) in [5.74, 6) is 0.935. The lowest BCUT2D eigenvalue weighted by atomic mass is 9.84. The van der Waals surface area contributed by atoms with Crippen LogP contribution in [0, 0.1) is 5.21 Å². The van der Waals surface area contributed by atoms with Gasteiger partial charge in [-0.2, -0.15) is 0 Å². The van der Waals surface area contributed by atoms with Gasteiger partial charge in [-0.05, 0) is 71.6 Å². The Morgan fingerprint density at radius 3 is 1.95 bits per heavy atom. The first-order valence-electron chi connectivity index (χ1n) is 7.49. The molecule has 1 radical (unpaired) electrons. The zero-order chi connectivity index (χ0) is 16.9. The molecule has 0 bridgehead atoms. The Kier molecular flexibility index (Phi) is 3.82. The molecule has 0 aromatic heterocycles. The first kappa shape index (κ1) is 16.8. The molecule has 1 aromatic rings. The maximum atomic E-state index is 12.6. The van der Waals surface area contributed by atoms with E-state index >= 15 is 0 Å². The van der Waals surface area contributed by atoms with Crippen LogP contribution in [0.2, 0.25) is 19.6 Å². The molecule has 6 heteroatoms. The first-order valence-corrected chi connectivity index (χ1v) is 10.9. The summed E-state index contributed by atoms with van der Waals surface area (Å²) in [6, 6.07) is 7.19. The number of hydrogen-bond acceptors (Lipinski definition) is 3. The van der Waals surface area contributed by atoms with E-state index in [2.05, 4.69) is 19.6 Å². The van der Waals surface area contributed by atoms with Gasteiger partial charge in [0.25, 0.3) is 0 Å². The van der Waals surface area contributed by atoms with Crippen LogP contribution in [0.1, 0.15) is 33.3 Å². The molecule has 0 fully saturated rings. The molecule has 1 aromatic carbocycles. The van der Waals surface area contributed by atoms with Crippen LogP contribution in [0.15, 0.2) is 24.3 Å². The summed E-state index contributed by atoms with van der Waals surface area (Å²) in [5.41, 5.74) is -0.971. The molecule has 0 saturated carbocycles. The second kappa shape index (κ2) is 4.99. The molecule has 1 aliphatic rings. The maximum absolute atomic E-state index is 12.6. The molecule has 1 heterocycles. The molecule has 0 N–H and O–H groups in total. The summed E-state index contributed by atoms with van der Waals surface area (Å²) >= 11 is 0. The minimum Gasteiger partial charge on any atom is -0.714 e. The second-order valence-electron chi connectivity index (χ2n) is 7.77. The lowest BCUT2D eigenvalue weighted by Crippen LogP contribution is -2.53. The van der Waals surface area contributed by atoms with Crippen LogP contribution >= 0.6 is 0 Å². The summed E-state index contributed by atoms with van der Waals surface area (Å²) < 4.78 is 6.73. The summed E-state index contributed by atoms with van der Waals surface area (Å²) in [5, 5.41) is 26.0. The van der Waals surface area contributed by atoms with Crippen molar-refractivity contribution in [3.05, 3.63) is 35.0 Å². The predicted octanol–water partition coefficient (Wildman–Crippen LogP) is 3.38. The van der Waals surface area contributed by atoms with E-state index < -0.39 is 19.4 Å². The van der Waals surface area contributed by atoms with Crippen molar-refractivity contribution in [2.75, 3.05) is 0 Å². The van der Waals surface area contributed by atoms with Crippen molar-refractivity contribution in [1.29, 1.82) is 0 Å². The highest BCUT2D eigenvalue weighted by Crippen LogP contribution is 2.37. The number of hydrogen-bond donors (Lipinski definition) is 0. The van der Waals surface area contributed by atoms with Crippen molar-refractivity contribution in [3.8, 4) is 5.75 Å². The molecule has 0 amide bonds. The zero-order valence-electron chi connectivity index (χ0n) is 14.4. The van der Waals surface area contributed by atoms with Crippen molar-refractivity contribution in [2.24, 2.45) is 0 Å². The number of rotatable bonds is 3. The molecule has 1 aliphatic heterocycles. The van der Waals surface area contributed by atoms with Gasteiger partial charge in [-0.1, -0.05) is 5.06 Å². The smallest absolute Gasteiger partial charge is 0.316 e. The topological polar surface area (TPSA) is 58.4 Å². The monoisotopic (exact) mass is 321 g/mol. The van der Waals surface area contributed by atoms with Crippen molar-refractivity contribution in [3.63, 3.8) is 0 Å². The van der Waals surface area contributed by atoms with Gasteiger partial charge in [-0.3, -0.25) is 4.74 Å². The van der Waals surface area contributed by atoms with Gasteiger partial charge in [-0.25, -0.2) is 0 Å². The van der Waals surface area contributed by atoms with Crippen LogP contribution in [0.5, 0.6) is 5.75 Å². The molecule has 0 aliphatic carbocycles. The second-order valence-corrected chi connectivity index (χ2v) is 12.2. The summed E-state index contributed by atoms with van der Waals surface area (Å²) in [7, 11) is -1.67. The molecule has 5 nitrogen and oxygen atoms in total. The Morgan fingerprint density at radius 2 is 1.59 bits per heavy atom. The minimum absolute atomic E-state index is 0.162. The Balaban J connectivity index is 2.39. The lowest BCUT2D eigenvalue weighted by Gasteiger charge is -2.32. The van der Waals surface area contributed by atoms with Crippen molar-refractivity contribution in [2.45, 2.75) is 58.4 Å². The normalized spacial score (nSPS) is 20.5. The average Bonchev–Trinajstić information content (AvgIpc) is 2.48. The average molecular weight is 321 g/mol. The number of hydroxylamine groups is 3. The maximum Gasteiger partial charge on any atom is 0.316 e. The number of amidine groups is 1. The fourth-order valence-electron chi connectivity index (χ4n) is 2.37. The summed E-state index contributed by atoms with van der Waals surface area (Å²) in [4.78, 5) is 0. The van der Waals surface area contributed by atoms with Crippen molar-refractivity contribution >= 4 is 14.2 Å². The van der Waals surface area contributed by atoms with E-state index in [1.165, 1.54) is 0 Å². The Hall–Kier alpha value is -1.53. The Labute approximate surface area is 133 Å². The molecular weight excluding hydrogens is 296 g/mol. The van der Waals surface area contributed by atoms with Gasteiger partial charge in [0.1, 0.15) is 11.3 Å². The van der Waals surface area contributed by atoms with E-state index in [1.807, 2.05) is 12.1 Å². The van der Waals surface area contributed by atoms with Gasteiger partial charge < -0.3 is 9.63 Å². The van der Waals surface area contributed by atoms with E-state index in [0.29, 0.717) is 5.56 Å². The van der Waals surface area contributed by atoms with Gasteiger partial charge in [0.15, 0.2) is 5.54 Å². The third-order valence-electron chi connectivity index (χ3n) is 4.43. The predicted molar refractivity (Wildman–Crippen MR) is 88.8 cm³/mol. The van der Waals surface area contributed by atoms with E-state index in [0.717, 1.165) is 15.6 Å². The largest absolute Gasteiger partial charge is 0.714 e. The van der Waals surface area contributed by atoms with Gasteiger partial charge in [0.2, 0.25) is 8.32 Å². The van der Waals surface area contributed by atoms with E-state index in [-0.39, 0.29) is 5.84 Å². The summed E-state index contributed by atoms with van der Waals surface area (Å²) in [6.45, 7) is 13.5. The number of benzene rings is 1. The molecule has 0 saturated heterocycles. The molecule has 121 valence electrons. The van der Waals surface area contributed by atoms with Crippen LogP contribution in [0.3, 0.4) is 0 Å². The van der Waals surface area contributed by atoms with Crippen LogP contribution in [-0.2, 0) is 5.21 Å². The van der Waals surface area contributed by atoms with E-state index in [4.69, 9.17) is 4.43 Å². The highest BCUT2D eigenvalue weighted by molar-refractivity contribution is 6.70. The van der Waals surface area contributed by atoms with Gasteiger partial charge in [0.05, 0.1) is 5.56 Å². The lowest BCUT2D eigenvalue weighted by molar-refractivity contribution is -0.539. The highest BCUT2D eigenvalue weighted by atomic mass is 28.4. The molecular formula is C16H25N2O3Si. The minimum atomic E-state index is -1.67. The Bertz CT molecular complexity index is 601. The zero-order valence-corrected chi connectivity index (χ0v) is 15.4.